The zero-order chi connectivity index (χ0) is 6.08. The van der Waals surface area contributed by atoms with E-state index in [1.54, 1.807) is 0 Å². The van der Waals surface area contributed by atoms with Crippen LogP contribution in [0.4, 0.5) is 0 Å². The monoisotopic (exact) mass is 246 g/mol. The Morgan fingerprint density at radius 2 is 1.25 bits per heavy atom. The molecule has 0 aliphatic carbocycles. The van der Waals surface area contributed by atoms with Crippen molar-refractivity contribution in [1.82, 2.24) is 0 Å². The SMILES string of the molecule is C[Si](C)(C)C(Cl)Cl.[Zr]. The van der Waals surface area contributed by atoms with Crippen LogP contribution in [0.2, 0.25) is 19.6 Å². The Morgan fingerprint density at radius 3 is 1.25 bits per heavy atom. The van der Waals surface area contributed by atoms with E-state index >= 15 is 0 Å². The average molecular weight is 248 g/mol. The van der Waals surface area contributed by atoms with Crippen molar-refractivity contribution in [1.29, 1.82) is 0 Å². The maximum absolute atomic E-state index is 5.58. The Kier molecular flexibility index (Phi) is 6.94. The summed E-state index contributed by atoms with van der Waals surface area (Å²) < 4.78 is -0.118. The first-order valence-electron chi connectivity index (χ1n) is 2.23. The molecule has 0 aromatic heterocycles. The largest absolute Gasteiger partial charge is 0.109 e. The Balaban J connectivity index is 0. The van der Waals surface area contributed by atoms with Gasteiger partial charge in [-0.15, -0.1) is 23.2 Å². The number of halogens is 2. The van der Waals surface area contributed by atoms with E-state index in [2.05, 4.69) is 19.6 Å². The second kappa shape index (κ2) is 4.49. The summed E-state index contributed by atoms with van der Waals surface area (Å²) in [5.74, 6) is 0. The van der Waals surface area contributed by atoms with Crippen molar-refractivity contribution in [3.8, 4) is 0 Å². The molecule has 0 aromatic rings. The molecule has 8 heavy (non-hydrogen) atoms. The standard InChI is InChI=1S/C4H10Cl2Si.Zr/c1-7(2,3)4(5)6;/h4H,1-3H3;. The van der Waals surface area contributed by atoms with E-state index in [0.29, 0.717) is 0 Å². The summed E-state index contributed by atoms with van der Waals surface area (Å²) in [7, 11) is -1.20. The van der Waals surface area contributed by atoms with Gasteiger partial charge < -0.3 is 0 Å². The Labute approximate surface area is 81.1 Å². The third kappa shape index (κ3) is 5.81. The van der Waals surface area contributed by atoms with Crippen LogP contribution < -0.4 is 0 Å². The minimum absolute atomic E-state index is 0. The van der Waals surface area contributed by atoms with Crippen molar-refractivity contribution >= 4 is 31.3 Å². The van der Waals surface area contributed by atoms with E-state index < -0.39 is 8.07 Å². The molecule has 0 amide bonds. The maximum atomic E-state index is 5.58. The fraction of sp³-hybridized carbons (Fsp3) is 1.00. The minimum atomic E-state index is -1.20. The van der Waals surface area contributed by atoms with Crippen LogP contribution in [-0.2, 0) is 26.2 Å². The summed E-state index contributed by atoms with van der Waals surface area (Å²) >= 11 is 11.2. The topological polar surface area (TPSA) is 0 Å². The van der Waals surface area contributed by atoms with Crippen LogP contribution in [0.25, 0.3) is 0 Å². The molecule has 0 spiro atoms. The molecule has 0 aliphatic heterocycles. The fourth-order valence-electron chi connectivity index (χ4n) is 0. The third-order valence-corrected chi connectivity index (χ3v) is 5.89. The molecule has 0 atom stereocenters. The second-order valence-corrected chi connectivity index (χ2v) is 9.80. The van der Waals surface area contributed by atoms with Gasteiger partial charge in [-0.1, -0.05) is 19.6 Å². The molecule has 0 N–H and O–H groups in total. The first kappa shape index (κ1) is 12.4. The van der Waals surface area contributed by atoms with E-state index in [1.165, 1.54) is 0 Å². The molecule has 0 fully saturated rings. The normalized spacial score (nSPS) is 11.2. The molecule has 0 bridgehead atoms. The number of alkyl halides is 2. The minimum Gasteiger partial charge on any atom is -0.109 e. The van der Waals surface area contributed by atoms with Crippen LogP contribution in [0, 0.1) is 0 Å². The van der Waals surface area contributed by atoms with Crippen molar-refractivity contribution in [2.45, 2.75) is 24.1 Å². The molecule has 0 saturated heterocycles. The summed E-state index contributed by atoms with van der Waals surface area (Å²) in [6.07, 6.45) is 0. The molecular weight excluding hydrogens is 238 g/mol. The van der Waals surface area contributed by atoms with E-state index in [9.17, 15) is 0 Å². The van der Waals surface area contributed by atoms with E-state index in [0.717, 1.165) is 0 Å². The molecule has 0 nitrogen and oxygen atoms in total. The molecule has 0 heterocycles. The van der Waals surface area contributed by atoms with Gasteiger partial charge in [0.25, 0.3) is 0 Å². The van der Waals surface area contributed by atoms with Gasteiger partial charge in [0.2, 0.25) is 0 Å². The summed E-state index contributed by atoms with van der Waals surface area (Å²) in [5, 5.41) is 0. The molecular formula is C4H10Cl2SiZr. The van der Waals surface area contributed by atoms with Gasteiger partial charge in [0.15, 0.2) is 0 Å². The van der Waals surface area contributed by atoms with E-state index in [4.69, 9.17) is 23.2 Å². The predicted molar refractivity (Wildman–Crippen MR) is 38.8 cm³/mol. The first-order chi connectivity index (χ1) is 2.94. The van der Waals surface area contributed by atoms with Gasteiger partial charge in [-0.25, -0.2) is 0 Å². The van der Waals surface area contributed by atoms with Gasteiger partial charge in [-0.05, 0) is 0 Å². The van der Waals surface area contributed by atoms with Gasteiger partial charge in [0.05, 0.1) is 12.5 Å². The Hall–Kier alpha value is 1.68. The van der Waals surface area contributed by atoms with Crippen molar-refractivity contribution in [2.75, 3.05) is 0 Å². The average Bonchev–Trinajstić information content (AvgIpc) is 1.31. The van der Waals surface area contributed by atoms with Crippen LogP contribution >= 0.6 is 23.2 Å². The van der Waals surface area contributed by atoms with Crippen LogP contribution in [-0.4, -0.2) is 12.5 Å². The quantitative estimate of drug-likeness (QED) is 0.494. The van der Waals surface area contributed by atoms with Crippen molar-refractivity contribution < 1.29 is 26.2 Å². The Morgan fingerprint density at radius 1 is 1.12 bits per heavy atom. The summed E-state index contributed by atoms with van der Waals surface area (Å²) in [6.45, 7) is 6.41. The van der Waals surface area contributed by atoms with Crippen LogP contribution in [0.1, 0.15) is 0 Å². The molecule has 0 aliphatic rings. The second-order valence-electron chi connectivity index (χ2n) is 2.67. The fourth-order valence-corrected chi connectivity index (χ4v) is 0. The predicted octanol–water partition coefficient (Wildman–Crippen LogP) is 2.67. The zero-order valence-corrected chi connectivity index (χ0v) is 10.3. The smallest absolute Gasteiger partial charge is 0.0969 e. The molecule has 0 saturated carbocycles. The molecule has 0 unspecified atom stereocenters. The van der Waals surface area contributed by atoms with Crippen molar-refractivity contribution in [2.24, 2.45) is 0 Å². The van der Waals surface area contributed by atoms with E-state index in [1.807, 2.05) is 0 Å². The van der Waals surface area contributed by atoms with Gasteiger partial charge >= 0.3 is 0 Å². The van der Waals surface area contributed by atoms with Crippen molar-refractivity contribution in [3.63, 3.8) is 0 Å². The van der Waals surface area contributed by atoms with Gasteiger partial charge in [-0.2, -0.15) is 0 Å². The summed E-state index contributed by atoms with van der Waals surface area (Å²) in [6, 6.07) is 0. The number of hydrogen-bond donors (Lipinski definition) is 0. The Bertz CT molecular complexity index is 59.5. The van der Waals surface area contributed by atoms with E-state index in [-0.39, 0.29) is 30.7 Å². The molecule has 48 valence electrons. The van der Waals surface area contributed by atoms with Crippen LogP contribution in [0.3, 0.4) is 0 Å². The van der Waals surface area contributed by atoms with Gasteiger partial charge in [-0.3, -0.25) is 0 Å². The van der Waals surface area contributed by atoms with Gasteiger partial charge in [0.1, 0.15) is 0 Å². The maximum Gasteiger partial charge on any atom is 0.0969 e. The molecule has 0 radical (unpaired) electrons. The van der Waals surface area contributed by atoms with Gasteiger partial charge in [0, 0.05) is 26.2 Å². The van der Waals surface area contributed by atoms with Crippen molar-refractivity contribution in [3.05, 3.63) is 0 Å². The van der Waals surface area contributed by atoms with Crippen LogP contribution in [0.15, 0.2) is 0 Å². The number of rotatable bonds is 1. The van der Waals surface area contributed by atoms with Crippen LogP contribution in [0.5, 0.6) is 0 Å². The number of hydrogen-bond acceptors (Lipinski definition) is 0. The molecule has 0 rings (SSSR count). The third-order valence-electron chi connectivity index (χ3n) is 0.655. The molecule has 0 aromatic carbocycles. The summed E-state index contributed by atoms with van der Waals surface area (Å²) in [5.41, 5.74) is 0. The first-order valence-corrected chi connectivity index (χ1v) is 6.68. The zero-order valence-electron chi connectivity index (χ0n) is 5.33. The molecule has 4 heteroatoms. The summed E-state index contributed by atoms with van der Waals surface area (Å²) in [4.78, 5) is 0.